The molecule has 0 aliphatic heterocycles. The van der Waals surface area contributed by atoms with E-state index in [2.05, 4.69) is 49.0 Å². The van der Waals surface area contributed by atoms with Gasteiger partial charge in [0.25, 0.3) is 0 Å². The second-order valence-electron chi connectivity index (χ2n) is 4.65. The van der Waals surface area contributed by atoms with Gasteiger partial charge in [0, 0.05) is 0 Å². The van der Waals surface area contributed by atoms with Crippen molar-refractivity contribution >= 4 is 55.6 Å². The van der Waals surface area contributed by atoms with Crippen LogP contribution in [-0.4, -0.2) is 81.3 Å². The van der Waals surface area contributed by atoms with Crippen molar-refractivity contribution in [2.45, 2.75) is 36.6 Å². The minimum Gasteiger partial charge on any atom is -0.387 e. The molecule has 0 heterocycles. The zero-order valence-electron chi connectivity index (χ0n) is 11.3. The van der Waals surface area contributed by atoms with Crippen molar-refractivity contribution in [1.29, 1.82) is 0 Å². The Bertz CT molecular complexity index is 547. The van der Waals surface area contributed by atoms with Crippen LogP contribution in [0.3, 0.4) is 0 Å². The molecule has 0 spiro atoms. The van der Waals surface area contributed by atoms with Crippen molar-refractivity contribution in [2.75, 3.05) is 0 Å². The summed E-state index contributed by atoms with van der Waals surface area (Å²) < 4.78 is 13.8. The number of rotatable bonds is 6. The topological polar surface area (TPSA) is 210 Å². The monoisotopic (exact) mass is 468 g/mol. The van der Waals surface area contributed by atoms with E-state index >= 15 is 0 Å². The second-order valence-corrected chi connectivity index (χ2v) is 12.5. The van der Waals surface area contributed by atoms with Crippen LogP contribution in [-0.2, 0) is 49.0 Å². The SMILES string of the molecule is OC1C(O)C(OP(O)(O)=S)C(OP(O)(O)=S)C(OP(O)(O)=S)C1O. The zero-order valence-corrected chi connectivity index (χ0v) is 16.4. The fourth-order valence-corrected chi connectivity index (χ4v) is 4.58. The van der Waals surface area contributed by atoms with Crippen molar-refractivity contribution in [3.63, 3.8) is 0 Å². The Morgan fingerprint density at radius 1 is 0.500 bits per heavy atom. The molecule has 4 unspecified atom stereocenters. The molecule has 0 aromatic carbocycles. The summed E-state index contributed by atoms with van der Waals surface area (Å²) in [6, 6.07) is 0. The lowest BCUT2D eigenvalue weighted by atomic mass is 9.85. The summed E-state index contributed by atoms with van der Waals surface area (Å²) in [6.45, 7) is -13.5. The van der Waals surface area contributed by atoms with E-state index < -0.39 is 56.8 Å². The first-order valence-electron chi connectivity index (χ1n) is 5.78. The van der Waals surface area contributed by atoms with E-state index in [0.717, 1.165) is 0 Å². The molecule has 18 heteroatoms. The molecule has 0 aromatic rings. The molecule has 1 rings (SSSR count). The highest BCUT2D eigenvalue weighted by Crippen LogP contribution is 2.50. The largest absolute Gasteiger partial charge is 0.387 e. The Kier molecular flexibility index (Phi) is 8.06. The molecule has 1 aliphatic carbocycles. The Morgan fingerprint density at radius 2 is 0.750 bits per heavy atom. The molecule has 0 bridgehead atoms. The minimum absolute atomic E-state index is 1.99. The van der Waals surface area contributed by atoms with Crippen molar-refractivity contribution in [1.82, 2.24) is 0 Å². The summed E-state index contributed by atoms with van der Waals surface area (Å²) in [5.74, 6) is 0. The van der Waals surface area contributed by atoms with E-state index in [0.29, 0.717) is 0 Å². The molecule has 4 atom stereocenters. The molecule has 9 N–H and O–H groups in total. The minimum atomic E-state index is -4.51. The van der Waals surface area contributed by atoms with Gasteiger partial charge >= 0.3 is 20.2 Å². The summed E-state index contributed by atoms with van der Waals surface area (Å²) in [5.41, 5.74) is 0. The average Bonchev–Trinajstić information content (AvgIpc) is 2.32. The molecule has 0 amide bonds. The van der Waals surface area contributed by atoms with Gasteiger partial charge in [-0.2, -0.15) is 0 Å². The number of hydrogen-bond donors (Lipinski definition) is 9. The molecular weight excluding hydrogens is 453 g/mol. The van der Waals surface area contributed by atoms with Gasteiger partial charge in [-0.25, -0.2) is 0 Å². The van der Waals surface area contributed by atoms with E-state index in [4.69, 9.17) is 0 Å². The summed E-state index contributed by atoms with van der Waals surface area (Å²) >= 11 is 12.7. The van der Waals surface area contributed by atoms with Crippen LogP contribution >= 0.6 is 20.2 Å². The van der Waals surface area contributed by atoms with Gasteiger partial charge < -0.3 is 44.7 Å². The predicted molar refractivity (Wildman–Crippen MR) is 88.8 cm³/mol. The number of aliphatic hydroxyl groups excluding tert-OH is 3. The van der Waals surface area contributed by atoms with Crippen LogP contribution in [0.1, 0.15) is 0 Å². The zero-order chi connectivity index (χ0) is 19.1. The van der Waals surface area contributed by atoms with Crippen LogP contribution in [0.15, 0.2) is 0 Å². The Labute approximate surface area is 150 Å². The fourth-order valence-electron chi connectivity index (χ4n) is 2.01. The van der Waals surface area contributed by atoms with Crippen molar-refractivity contribution < 1.29 is 58.3 Å². The molecule has 0 aromatic heterocycles. The van der Waals surface area contributed by atoms with Crippen LogP contribution in [0.4, 0.5) is 0 Å². The molecule has 24 heavy (non-hydrogen) atoms. The van der Waals surface area contributed by atoms with Crippen LogP contribution < -0.4 is 0 Å². The third-order valence-corrected chi connectivity index (χ3v) is 5.13. The van der Waals surface area contributed by atoms with Gasteiger partial charge in [-0.05, 0) is 35.4 Å². The van der Waals surface area contributed by atoms with Crippen LogP contribution in [0.5, 0.6) is 0 Å². The Morgan fingerprint density at radius 3 is 1.00 bits per heavy atom. The first-order chi connectivity index (χ1) is 10.5. The molecule has 0 saturated heterocycles. The normalized spacial score (nSPS) is 35.9. The van der Waals surface area contributed by atoms with Gasteiger partial charge in [-0.1, -0.05) is 0 Å². The van der Waals surface area contributed by atoms with E-state index in [1.807, 2.05) is 0 Å². The summed E-state index contributed by atoms with van der Waals surface area (Å²) in [7, 11) is 0. The number of hydrogen-bond acceptors (Lipinski definition) is 9. The van der Waals surface area contributed by atoms with Gasteiger partial charge in [-0.15, -0.1) is 0 Å². The van der Waals surface area contributed by atoms with E-state index in [9.17, 15) is 44.7 Å². The van der Waals surface area contributed by atoms with Crippen LogP contribution in [0.2, 0.25) is 0 Å². The Balaban J connectivity index is 3.32. The van der Waals surface area contributed by atoms with Crippen LogP contribution in [0, 0.1) is 0 Å². The van der Waals surface area contributed by atoms with E-state index in [1.165, 1.54) is 0 Å². The van der Waals surface area contributed by atoms with Crippen LogP contribution in [0.25, 0.3) is 0 Å². The standard InChI is InChI=1S/C6H15O12P3S3/c7-1-2(8)4(16-19(10,11)22)6(18-21(14,15)24)5(3(1)9)17-20(12,13)23/h1-9H,(H2,10,11,22)(H2,12,13,23)(H2,14,15,24). The first kappa shape index (κ1) is 23.5. The molecule has 1 saturated carbocycles. The first-order valence-corrected chi connectivity index (χ1v) is 13.7. The van der Waals surface area contributed by atoms with Crippen molar-refractivity contribution in [3.05, 3.63) is 0 Å². The molecule has 0 radical (unpaired) electrons. The summed E-state index contributed by atoms with van der Waals surface area (Å²) in [6.07, 6.45) is -12.2. The third-order valence-electron chi connectivity index (χ3n) is 2.80. The highest BCUT2D eigenvalue weighted by atomic mass is 32.5. The van der Waals surface area contributed by atoms with Gasteiger partial charge in [0.2, 0.25) is 0 Å². The predicted octanol–water partition coefficient (Wildman–Crippen LogP) is -3.13. The second kappa shape index (κ2) is 8.23. The van der Waals surface area contributed by atoms with Gasteiger partial charge in [0.15, 0.2) is 0 Å². The van der Waals surface area contributed by atoms with E-state index in [1.54, 1.807) is 0 Å². The quantitative estimate of drug-likeness (QED) is 0.176. The lowest BCUT2D eigenvalue weighted by Gasteiger charge is -2.45. The van der Waals surface area contributed by atoms with E-state index in [-0.39, 0.29) is 0 Å². The Hall–Kier alpha value is 1.47. The number of aliphatic hydroxyl groups is 3. The van der Waals surface area contributed by atoms with Gasteiger partial charge in [-0.3, -0.25) is 13.6 Å². The fraction of sp³-hybridized carbons (Fsp3) is 1.00. The smallest absolute Gasteiger partial charge is 0.322 e. The lowest BCUT2D eigenvalue weighted by molar-refractivity contribution is -0.208. The summed E-state index contributed by atoms with van der Waals surface area (Å²) in [5, 5.41) is 29.6. The third kappa shape index (κ3) is 7.24. The molecule has 1 fully saturated rings. The summed E-state index contributed by atoms with van der Waals surface area (Å²) in [4.78, 5) is 55.5. The highest BCUT2D eigenvalue weighted by Gasteiger charge is 2.55. The van der Waals surface area contributed by atoms with Crippen molar-refractivity contribution in [2.24, 2.45) is 0 Å². The molecule has 144 valence electrons. The average molecular weight is 468 g/mol. The molecule has 12 nitrogen and oxygen atoms in total. The molecule has 1 aliphatic rings. The maximum Gasteiger partial charge on any atom is 0.322 e. The molecular formula is C6H15O12P3S3. The lowest BCUT2D eigenvalue weighted by Crippen LogP contribution is -2.65. The maximum atomic E-state index is 9.91. The van der Waals surface area contributed by atoms with Gasteiger partial charge in [0.1, 0.15) is 36.6 Å². The highest BCUT2D eigenvalue weighted by molar-refractivity contribution is 8.07. The van der Waals surface area contributed by atoms with Crippen molar-refractivity contribution in [3.8, 4) is 0 Å². The maximum absolute atomic E-state index is 9.91. The van der Waals surface area contributed by atoms with Gasteiger partial charge in [0.05, 0.1) is 0 Å².